The number of carbonyl (C=O) groups excluding carboxylic acids is 1. The van der Waals surface area contributed by atoms with E-state index in [0.29, 0.717) is 24.1 Å². The molecule has 9 nitrogen and oxygen atoms in total. The molecule has 10 heteroatoms. The minimum absolute atomic E-state index is 0.278. The summed E-state index contributed by atoms with van der Waals surface area (Å²) in [4.78, 5) is 43.5. The molecule has 3 heterocycles. The number of nitrogens with zero attached hydrogens (tertiary/aromatic N) is 5. The molecule has 0 bridgehead atoms. The topological polar surface area (TPSA) is 91.4 Å². The summed E-state index contributed by atoms with van der Waals surface area (Å²) in [7, 11) is 2.73. The normalized spacial score (nSPS) is 13.2. The summed E-state index contributed by atoms with van der Waals surface area (Å²) in [6.45, 7) is 0.707. The van der Waals surface area contributed by atoms with Gasteiger partial charge in [-0.2, -0.15) is 4.98 Å². The van der Waals surface area contributed by atoms with Gasteiger partial charge in [0.1, 0.15) is 6.54 Å². The average Bonchev–Trinajstić information content (AvgIpc) is 3.23. The zero-order chi connectivity index (χ0) is 19.3. The third-order valence-corrected chi connectivity index (χ3v) is 4.91. The van der Waals surface area contributed by atoms with Gasteiger partial charge in [-0.05, 0) is 24.3 Å². The van der Waals surface area contributed by atoms with Gasteiger partial charge in [-0.25, -0.2) is 9.36 Å². The van der Waals surface area contributed by atoms with Crippen molar-refractivity contribution < 1.29 is 9.53 Å². The van der Waals surface area contributed by atoms with Gasteiger partial charge >= 0.3 is 11.7 Å². The van der Waals surface area contributed by atoms with Crippen LogP contribution in [-0.2, 0) is 29.7 Å². The first-order valence-electron chi connectivity index (χ1n) is 8.22. The van der Waals surface area contributed by atoms with Crippen molar-refractivity contribution >= 4 is 40.4 Å². The van der Waals surface area contributed by atoms with Crippen molar-refractivity contribution in [3.8, 4) is 0 Å². The van der Waals surface area contributed by atoms with E-state index in [9.17, 15) is 14.4 Å². The van der Waals surface area contributed by atoms with Crippen LogP contribution in [0.1, 0.15) is 0 Å². The number of aromatic nitrogens is 4. The maximum Gasteiger partial charge on any atom is 0.333 e. The lowest BCUT2D eigenvalue weighted by Gasteiger charge is -2.15. The summed E-state index contributed by atoms with van der Waals surface area (Å²) in [5.74, 6) is -0.104. The van der Waals surface area contributed by atoms with E-state index in [1.165, 1.54) is 18.7 Å². The molecule has 0 N–H and O–H groups in total. The number of aryl methyl sites for hydroxylation is 1. The smallest absolute Gasteiger partial charge is 0.333 e. The zero-order valence-corrected chi connectivity index (χ0v) is 15.4. The Morgan fingerprint density at radius 1 is 1.22 bits per heavy atom. The van der Waals surface area contributed by atoms with Crippen LogP contribution in [0.4, 0.5) is 11.6 Å². The lowest BCUT2D eigenvalue weighted by Crippen LogP contribution is -2.41. The molecular weight excluding hydrogens is 374 g/mol. The van der Waals surface area contributed by atoms with Gasteiger partial charge in [0.25, 0.3) is 5.56 Å². The van der Waals surface area contributed by atoms with E-state index in [1.54, 1.807) is 16.7 Å². The van der Waals surface area contributed by atoms with Crippen LogP contribution < -0.4 is 16.1 Å². The number of halogens is 1. The fourth-order valence-corrected chi connectivity index (χ4v) is 3.40. The maximum atomic E-state index is 12.9. The molecule has 1 aliphatic heterocycles. The van der Waals surface area contributed by atoms with E-state index < -0.39 is 23.8 Å². The molecule has 2 aromatic heterocycles. The lowest BCUT2D eigenvalue weighted by molar-refractivity contribution is -0.141. The summed E-state index contributed by atoms with van der Waals surface area (Å²) in [6.07, 6.45) is 0. The zero-order valence-electron chi connectivity index (χ0n) is 14.7. The van der Waals surface area contributed by atoms with Crippen LogP contribution in [0, 0.1) is 0 Å². The number of rotatable bonds is 3. The molecular formula is C17H16ClN5O4. The molecule has 0 fully saturated rings. The van der Waals surface area contributed by atoms with Gasteiger partial charge in [-0.15, -0.1) is 0 Å². The number of fused-ring (bicyclic) bond motifs is 3. The van der Waals surface area contributed by atoms with Crippen LogP contribution in [0.25, 0.3) is 11.2 Å². The number of esters is 1. The van der Waals surface area contributed by atoms with Crippen molar-refractivity contribution in [3.05, 3.63) is 50.1 Å². The van der Waals surface area contributed by atoms with E-state index >= 15 is 0 Å². The SMILES string of the molecule is COC(=O)Cn1c(=O)c2c(nc3n2CCN3c2ccc(Cl)cc2)n(C)c1=O. The molecule has 0 amide bonds. The highest BCUT2D eigenvalue weighted by atomic mass is 35.5. The number of carbonyl (C=O) groups is 1. The van der Waals surface area contributed by atoms with Crippen LogP contribution in [-0.4, -0.2) is 38.3 Å². The maximum absolute atomic E-state index is 12.9. The first kappa shape index (κ1) is 17.3. The Kier molecular flexibility index (Phi) is 4.03. The number of imidazole rings is 1. The van der Waals surface area contributed by atoms with Gasteiger partial charge in [0.05, 0.1) is 7.11 Å². The Bertz CT molecular complexity index is 1180. The monoisotopic (exact) mass is 389 g/mol. The summed E-state index contributed by atoms with van der Waals surface area (Å²) in [5, 5.41) is 0.625. The van der Waals surface area contributed by atoms with Crippen molar-refractivity contribution in [2.24, 2.45) is 7.05 Å². The summed E-state index contributed by atoms with van der Waals surface area (Å²) < 4.78 is 8.49. The molecule has 4 rings (SSSR count). The average molecular weight is 390 g/mol. The number of ether oxygens (including phenoxy) is 1. The standard InChI is InChI=1S/C17H16ClN5O4/c1-20-14-13(15(25)23(17(20)26)9-12(24)27-2)22-8-7-21(16(22)19-14)11-5-3-10(18)4-6-11/h3-6H,7-9H2,1-2H3. The van der Waals surface area contributed by atoms with Crippen LogP contribution in [0.2, 0.25) is 5.02 Å². The molecule has 0 saturated carbocycles. The van der Waals surface area contributed by atoms with Crippen LogP contribution in [0.5, 0.6) is 0 Å². The molecule has 140 valence electrons. The predicted molar refractivity (Wildman–Crippen MR) is 99.7 cm³/mol. The van der Waals surface area contributed by atoms with Crippen molar-refractivity contribution in [2.75, 3.05) is 18.6 Å². The number of benzene rings is 1. The molecule has 0 atom stereocenters. The summed E-state index contributed by atoms with van der Waals surface area (Å²) in [5.41, 5.74) is 0.267. The second-order valence-electron chi connectivity index (χ2n) is 6.17. The van der Waals surface area contributed by atoms with Gasteiger partial charge in [-0.3, -0.25) is 14.2 Å². The van der Waals surface area contributed by atoms with Gasteiger partial charge in [0.2, 0.25) is 5.95 Å². The van der Waals surface area contributed by atoms with Crippen molar-refractivity contribution in [3.63, 3.8) is 0 Å². The lowest BCUT2D eigenvalue weighted by atomic mass is 10.3. The van der Waals surface area contributed by atoms with Crippen molar-refractivity contribution in [2.45, 2.75) is 13.1 Å². The quantitative estimate of drug-likeness (QED) is 0.617. The summed E-state index contributed by atoms with van der Waals surface area (Å²) >= 11 is 5.95. The van der Waals surface area contributed by atoms with E-state index in [2.05, 4.69) is 9.72 Å². The fourth-order valence-electron chi connectivity index (χ4n) is 3.28. The molecule has 0 aliphatic carbocycles. The van der Waals surface area contributed by atoms with Crippen LogP contribution in [0.15, 0.2) is 33.9 Å². The third-order valence-electron chi connectivity index (χ3n) is 4.65. The highest BCUT2D eigenvalue weighted by Gasteiger charge is 2.29. The first-order valence-corrected chi connectivity index (χ1v) is 8.60. The van der Waals surface area contributed by atoms with Crippen molar-refractivity contribution in [1.82, 2.24) is 18.7 Å². The second kappa shape index (κ2) is 6.27. The van der Waals surface area contributed by atoms with Crippen LogP contribution in [0.3, 0.4) is 0 Å². The molecule has 1 aromatic carbocycles. The summed E-state index contributed by atoms with van der Waals surface area (Å²) in [6, 6.07) is 7.29. The van der Waals surface area contributed by atoms with Gasteiger partial charge < -0.3 is 14.2 Å². The number of anilines is 2. The fraction of sp³-hybridized carbons (Fsp3) is 0.294. The molecule has 0 saturated heterocycles. The number of hydrogen-bond acceptors (Lipinski definition) is 6. The largest absolute Gasteiger partial charge is 0.468 e. The Labute approximate surface area is 158 Å². The number of methoxy groups -OCH3 is 1. The van der Waals surface area contributed by atoms with Gasteiger partial charge in [0.15, 0.2) is 11.2 Å². The Balaban J connectivity index is 1.92. The molecule has 3 aromatic rings. The minimum Gasteiger partial charge on any atom is -0.468 e. The Morgan fingerprint density at radius 2 is 1.93 bits per heavy atom. The minimum atomic E-state index is -0.669. The van der Waals surface area contributed by atoms with E-state index in [-0.39, 0.29) is 11.2 Å². The second-order valence-corrected chi connectivity index (χ2v) is 6.61. The molecule has 0 radical (unpaired) electrons. The van der Waals surface area contributed by atoms with E-state index in [0.717, 1.165) is 10.3 Å². The predicted octanol–water partition coefficient (Wildman–Crippen LogP) is 0.875. The van der Waals surface area contributed by atoms with Gasteiger partial charge in [0, 0.05) is 30.8 Å². The first-order chi connectivity index (χ1) is 12.9. The molecule has 0 spiro atoms. The molecule has 0 unspecified atom stereocenters. The Morgan fingerprint density at radius 3 is 2.59 bits per heavy atom. The van der Waals surface area contributed by atoms with E-state index in [4.69, 9.17) is 11.6 Å². The third kappa shape index (κ3) is 2.62. The highest BCUT2D eigenvalue weighted by Crippen LogP contribution is 2.32. The van der Waals surface area contributed by atoms with Crippen LogP contribution >= 0.6 is 11.6 Å². The van der Waals surface area contributed by atoms with E-state index in [1.807, 2.05) is 17.0 Å². The number of hydrogen-bond donors (Lipinski definition) is 0. The molecule has 1 aliphatic rings. The highest BCUT2D eigenvalue weighted by molar-refractivity contribution is 6.30. The Hall–Kier alpha value is -3.07. The van der Waals surface area contributed by atoms with Gasteiger partial charge in [-0.1, -0.05) is 11.6 Å². The van der Waals surface area contributed by atoms with Crippen molar-refractivity contribution in [1.29, 1.82) is 0 Å². The molecule has 27 heavy (non-hydrogen) atoms.